The first-order valence-corrected chi connectivity index (χ1v) is 41.9. The highest BCUT2D eigenvalue weighted by Gasteiger charge is 2.44. The molecule has 1 saturated heterocycles. The van der Waals surface area contributed by atoms with E-state index in [1.54, 1.807) is 0 Å². The molecular weight excluding hydrogens is 1160 g/mol. The summed E-state index contributed by atoms with van der Waals surface area (Å²) in [5.74, 6) is -0.684. The molecule has 0 bridgehead atoms. The molecule has 11 nitrogen and oxygen atoms in total. The van der Waals surface area contributed by atoms with Gasteiger partial charge < -0.3 is 50.5 Å². The van der Waals surface area contributed by atoms with Crippen LogP contribution in [0.1, 0.15) is 450 Å². The van der Waals surface area contributed by atoms with E-state index in [4.69, 9.17) is 9.47 Å². The molecular formula is C82H163NO10. The normalized spacial score (nSPS) is 18.1. The van der Waals surface area contributed by atoms with Crippen molar-refractivity contribution >= 4 is 5.91 Å². The van der Waals surface area contributed by atoms with Gasteiger partial charge in [-0.3, -0.25) is 4.79 Å². The summed E-state index contributed by atoms with van der Waals surface area (Å²) in [5, 5.41) is 76.8. The zero-order valence-electron chi connectivity index (χ0n) is 62.0. The SMILES string of the molecule is CCCCCCCCCCCCCCCCCCCCCCCCCCCCCCCCCCCCC(O)C(=O)NC(COC1OC(CO)C(O)C(O)C1O)C(O)C(O)CCCCCCCCCCCCCCCCCCCCCCCCCCCCCCCCCC. The van der Waals surface area contributed by atoms with Crippen molar-refractivity contribution in [3.8, 4) is 0 Å². The van der Waals surface area contributed by atoms with Crippen LogP contribution >= 0.6 is 0 Å². The molecule has 9 unspecified atom stereocenters. The topological polar surface area (TPSA) is 189 Å². The molecule has 0 aromatic heterocycles. The van der Waals surface area contributed by atoms with E-state index in [9.17, 15) is 40.5 Å². The van der Waals surface area contributed by atoms with Crippen molar-refractivity contribution in [1.29, 1.82) is 0 Å². The third kappa shape index (κ3) is 57.6. The van der Waals surface area contributed by atoms with Gasteiger partial charge in [-0.25, -0.2) is 0 Å². The van der Waals surface area contributed by atoms with Gasteiger partial charge in [0, 0.05) is 0 Å². The first-order valence-electron chi connectivity index (χ1n) is 41.9. The highest BCUT2D eigenvalue weighted by Crippen LogP contribution is 2.25. The molecule has 1 aliphatic heterocycles. The van der Waals surface area contributed by atoms with Crippen LogP contribution in [0.4, 0.5) is 0 Å². The van der Waals surface area contributed by atoms with E-state index in [-0.39, 0.29) is 6.42 Å². The van der Waals surface area contributed by atoms with Gasteiger partial charge in [0.1, 0.15) is 36.6 Å². The van der Waals surface area contributed by atoms with Crippen LogP contribution in [-0.4, -0.2) is 110 Å². The molecule has 11 heteroatoms. The van der Waals surface area contributed by atoms with Crippen molar-refractivity contribution in [2.24, 2.45) is 0 Å². The molecule has 1 fully saturated rings. The number of hydrogen-bond donors (Lipinski definition) is 8. The van der Waals surface area contributed by atoms with Gasteiger partial charge in [0.05, 0.1) is 25.4 Å². The molecule has 8 N–H and O–H groups in total. The highest BCUT2D eigenvalue weighted by molar-refractivity contribution is 5.80. The Hall–Kier alpha value is -0.890. The molecule has 556 valence electrons. The maximum Gasteiger partial charge on any atom is 0.249 e. The van der Waals surface area contributed by atoms with Gasteiger partial charge >= 0.3 is 0 Å². The molecule has 1 rings (SSSR count). The minimum Gasteiger partial charge on any atom is -0.394 e. The minimum absolute atomic E-state index is 0.268. The smallest absolute Gasteiger partial charge is 0.249 e. The summed E-state index contributed by atoms with van der Waals surface area (Å²) >= 11 is 0. The Morgan fingerprint density at radius 3 is 0.796 bits per heavy atom. The Kier molecular flexibility index (Phi) is 68.8. The van der Waals surface area contributed by atoms with E-state index in [2.05, 4.69) is 19.2 Å². The van der Waals surface area contributed by atoms with Gasteiger partial charge in [0.25, 0.3) is 0 Å². The number of carbonyl (C=O) groups excluding carboxylic acids is 1. The van der Waals surface area contributed by atoms with Crippen molar-refractivity contribution < 1.29 is 50.0 Å². The van der Waals surface area contributed by atoms with Crippen LogP contribution in [0.2, 0.25) is 0 Å². The van der Waals surface area contributed by atoms with Crippen LogP contribution in [0.5, 0.6) is 0 Å². The average Bonchev–Trinajstić information content (AvgIpc) is 1.04. The van der Waals surface area contributed by atoms with E-state index in [1.165, 1.54) is 372 Å². The number of rotatable bonds is 76. The zero-order valence-corrected chi connectivity index (χ0v) is 62.0. The minimum atomic E-state index is -1.66. The maximum absolute atomic E-state index is 13.3. The largest absolute Gasteiger partial charge is 0.394 e. The summed E-state index contributed by atoms with van der Waals surface area (Å²) in [6.45, 7) is 3.55. The molecule has 9 atom stereocenters. The second-order valence-corrected chi connectivity index (χ2v) is 29.9. The predicted octanol–water partition coefficient (Wildman–Crippen LogP) is 21.9. The van der Waals surface area contributed by atoms with E-state index in [0.29, 0.717) is 19.3 Å². The first kappa shape index (κ1) is 90.1. The lowest BCUT2D eigenvalue weighted by atomic mass is 9.98. The lowest BCUT2D eigenvalue weighted by Gasteiger charge is -2.40. The summed E-state index contributed by atoms with van der Waals surface area (Å²) in [6.07, 6.45) is 78.1. The third-order valence-electron chi connectivity index (χ3n) is 20.9. The molecule has 0 aromatic carbocycles. The molecule has 1 amide bonds. The van der Waals surface area contributed by atoms with Gasteiger partial charge in [-0.1, -0.05) is 438 Å². The molecule has 0 radical (unpaired) electrons. The van der Waals surface area contributed by atoms with Gasteiger partial charge in [0.15, 0.2) is 6.29 Å². The lowest BCUT2D eigenvalue weighted by molar-refractivity contribution is -0.303. The Morgan fingerprint density at radius 2 is 0.559 bits per heavy atom. The van der Waals surface area contributed by atoms with Crippen molar-refractivity contribution in [1.82, 2.24) is 5.32 Å². The summed E-state index contributed by atoms with van der Waals surface area (Å²) < 4.78 is 11.2. The monoisotopic (exact) mass is 1320 g/mol. The predicted molar refractivity (Wildman–Crippen MR) is 395 cm³/mol. The zero-order chi connectivity index (χ0) is 67.4. The number of unbranched alkanes of at least 4 members (excludes halogenated alkanes) is 64. The Bertz CT molecular complexity index is 1470. The number of aliphatic hydroxyl groups excluding tert-OH is 7. The van der Waals surface area contributed by atoms with E-state index in [0.717, 1.165) is 38.5 Å². The molecule has 0 aromatic rings. The second-order valence-electron chi connectivity index (χ2n) is 29.9. The van der Waals surface area contributed by atoms with E-state index < -0.39 is 74.2 Å². The summed E-state index contributed by atoms with van der Waals surface area (Å²) in [5.41, 5.74) is 0. The molecule has 1 heterocycles. The van der Waals surface area contributed by atoms with Crippen LogP contribution in [0, 0.1) is 0 Å². The molecule has 0 aliphatic carbocycles. The quantitative estimate of drug-likeness (QED) is 0.0272. The van der Waals surface area contributed by atoms with Crippen LogP contribution in [0.25, 0.3) is 0 Å². The van der Waals surface area contributed by atoms with Gasteiger partial charge in [0.2, 0.25) is 5.91 Å². The van der Waals surface area contributed by atoms with Gasteiger partial charge in [-0.15, -0.1) is 0 Å². The number of nitrogens with one attached hydrogen (secondary N) is 1. The van der Waals surface area contributed by atoms with Crippen LogP contribution in [0.3, 0.4) is 0 Å². The van der Waals surface area contributed by atoms with Crippen molar-refractivity contribution in [3.05, 3.63) is 0 Å². The molecule has 93 heavy (non-hydrogen) atoms. The molecule has 0 spiro atoms. The maximum atomic E-state index is 13.3. The van der Waals surface area contributed by atoms with E-state index in [1.807, 2.05) is 0 Å². The van der Waals surface area contributed by atoms with Gasteiger partial charge in [-0.05, 0) is 12.8 Å². The Labute approximate surface area is 577 Å². The van der Waals surface area contributed by atoms with Crippen LogP contribution in [-0.2, 0) is 14.3 Å². The summed E-state index contributed by atoms with van der Waals surface area (Å²) in [4.78, 5) is 13.3. The number of amides is 1. The average molecular weight is 1320 g/mol. The number of ether oxygens (including phenoxy) is 2. The Morgan fingerprint density at radius 1 is 0.333 bits per heavy atom. The van der Waals surface area contributed by atoms with Crippen molar-refractivity contribution in [2.45, 2.75) is 506 Å². The summed E-state index contributed by atoms with van der Waals surface area (Å²) in [6, 6.07) is -1.17. The molecule has 1 aliphatic rings. The number of hydrogen-bond acceptors (Lipinski definition) is 10. The van der Waals surface area contributed by atoms with E-state index >= 15 is 0 Å². The summed E-state index contributed by atoms with van der Waals surface area (Å²) in [7, 11) is 0. The standard InChI is InChI=1S/C82H163NO10/c1-3-5-7-9-11-13-15-17-19-21-23-25-27-29-31-33-35-37-38-40-42-44-46-48-50-52-54-56-58-60-62-64-66-68-70-75(86)81(91)83-73(72-92-82-80(90)79(89)78(88)76(71-84)93-82)77(87)74(85)69-67-65-63-61-59-57-55-53-51-49-47-45-43-41-39-36-34-32-30-28-26-24-22-20-18-16-14-12-10-8-6-4-2/h73-80,82,84-90H,3-72H2,1-2H3,(H,83,91). The van der Waals surface area contributed by atoms with Crippen molar-refractivity contribution in [3.63, 3.8) is 0 Å². The first-order chi connectivity index (χ1) is 45.7. The third-order valence-corrected chi connectivity index (χ3v) is 20.9. The Balaban J connectivity index is 2.10. The second kappa shape index (κ2) is 71.0. The van der Waals surface area contributed by atoms with Crippen LogP contribution in [0.15, 0.2) is 0 Å². The highest BCUT2D eigenvalue weighted by atomic mass is 16.7. The van der Waals surface area contributed by atoms with Crippen molar-refractivity contribution in [2.75, 3.05) is 13.2 Å². The fourth-order valence-electron chi connectivity index (χ4n) is 14.3. The number of aliphatic hydroxyl groups is 7. The molecule has 0 saturated carbocycles. The lowest BCUT2D eigenvalue weighted by Crippen LogP contribution is -2.60. The van der Waals surface area contributed by atoms with Gasteiger partial charge in [-0.2, -0.15) is 0 Å². The fraction of sp³-hybridized carbons (Fsp3) is 0.988. The number of carbonyl (C=O) groups is 1. The fourth-order valence-corrected chi connectivity index (χ4v) is 14.3. The van der Waals surface area contributed by atoms with Crippen LogP contribution < -0.4 is 5.32 Å².